The number of carbonyl (C=O) groups is 1. The highest BCUT2D eigenvalue weighted by Gasteiger charge is 2.41. The molecule has 1 saturated heterocycles. The van der Waals surface area contributed by atoms with Gasteiger partial charge in [0.2, 0.25) is 5.79 Å². The molecule has 0 saturated carbocycles. The van der Waals surface area contributed by atoms with E-state index in [0.29, 0.717) is 25.4 Å². The van der Waals surface area contributed by atoms with E-state index >= 15 is 0 Å². The van der Waals surface area contributed by atoms with Crippen molar-refractivity contribution in [1.82, 2.24) is 4.90 Å². The number of hydrogen-bond donors (Lipinski definition) is 1. The fourth-order valence-corrected chi connectivity index (χ4v) is 2.01. The van der Waals surface area contributed by atoms with Crippen molar-refractivity contribution in [3.8, 4) is 0 Å². The molecular weight excluding hydrogens is 210 g/mol. The Labute approximate surface area is 93.9 Å². The number of β-amino-alcohol motifs (C(OH)–C–C–N with tert-alkyl or cyclic N) is 1. The highest BCUT2D eigenvalue weighted by Crippen LogP contribution is 2.33. The third-order valence-corrected chi connectivity index (χ3v) is 2.79. The topological polar surface area (TPSA) is 59.0 Å². The van der Waals surface area contributed by atoms with Crippen LogP contribution in [-0.2, 0) is 14.3 Å². The normalized spacial score (nSPS) is 29.0. The first kappa shape index (κ1) is 11.3. The van der Waals surface area contributed by atoms with Crippen LogP contribution in [0.15, 0.2) is 23.9 Å². The largest absolute Gasteiger partial charge is 0.395 e. The first-order valence-electron chi connectivity index (χ1n) is 5.22. The van der Waals surface area contributed by atoms with Crippen molar-refractivity contribution in [2.45, 2.75) is 5.79 Å². The molecule has 0 aromatic heterocycles. The standard InChI is InChI=1S/C11H15NO4/c1-15-11-3-2-9(14)8-10(11)12(4-6-13)5-7-16-11/h2-3,8,13H,4-7H2,1H3/t11-/m0/s1. The Morgan fingerprint density at radius 3 is 3.19 bits per heavy atom. The highest BCUT2D eigenvalue weighted by molar-refractivity contribution is 6.01. The zero-order valence-corrected chi connectivity index (χ0v) is 9.18. The second-order valence-corrected chi connectivity index (χ2v) is 3.70. The highest BCUT2D eigenvalue weighted by atomic mass is 16.7. The average Bonchev–Trinajstić information content (AvgIpc) is 2.30. The Kier molecular flexibility index (Phi) is 3.09. The third-order valence-electron chi connectivity index (χ3n) is 2.79. The van der Waals surface area contributed by atoms with Crippen LogP contribution >= 0.6 is 0 Å². The molecule has 1 heterocycles. The van der Waals surface area contributed by atoms with Crippen LogP contribution in [0.2, 0.25) is 0 Å². The molecule has 1 aliphatic carbocycles. The number of hydrogen-bond acceptors (Lipinski definition) is 5. The van der Waals surface area contributed by atoms with E-state index in [0.717, 1.165) is 0 Å². The molecule has 2 rings (SSSR count). The number of ketones is 1. The van der Waals surface area contributed by atoms with Crippen molar-refractivity contribution >= 4 is 5.78 Å². The van der Waals surface area contributed by atoms with E-state index in [4.69, 9.17) is 14.6 Å². The lowest BCUT2D eigenvalue weighted by Crippen LogP contribution is -2.51. The third kappa shape index (κ3) is 1.77. The first-order valence-corrected chi connectivity index (χ1v) is 5.22. The van der Waals surface area contributed by atoms with Crippen molar-refractivity contribution in [3.05, 3.63) is 23.9 Å². The molecular formula is C11H15NO4. The monoisotopic (exact) mass is 225 g/mol. The second-order valence-electron chi connectivity index (χ2n) is 3.70. The molecule has 0 unspecified atom stereocenters. The van der Waals surface area contributed by atoms with Crippen LogP contribution in [0.1, 0.15) is 0 Å². The van der Waals surface area contributed by atoms with E-state index in [1.54, 1.807) is 6.08 Å². The van der Waals surface area contributed by atoms with Crippen LogP contribution in [-0.4, -0.2) is 55.0 Å². The van der Waals surface area contributed by atoms with Gasteiger partial charge in [-0.25, -0.2) is 0 Å². The van der Waals surface area contributed by atoms with E-state index < -0.39 is 5.79 Å². The maximum atomic E-state index is 11.4. The van der Waals surface area contributed by atoms with Crippen LogP contribution in [0.25, 0.3) is 0 Å². The second kappa shape index (κ2) is 4.37. The summed E-state index contributed by atoms with van der Waals surface area (Å²) in [6.45, 7) is 1.67. The van der Waals surface area contributed by atoms with Gasteiger partial charge in [0, 0.05) is 26.3 Å². The van der Waals surface area contributed by atoms with Crippen molar-refractivity contribution in [1.29, 1.82) is 0 Å². The van der Waals surface area contributed by atoms with Gasteiger partial charge >= 0.3 is 0 Å². The van der Waals surface area contributed by atoms with Gasteiger partial charge in [-0.05, 0) is 12.2 Å². The Hall–Kier alpha value is -1.17. The molecule has 1 aliphatic heterocycles. The quantitative estimate of drug-likeness (QED) is 0.713. The molecule has 1 N–H and O–H groups in total. The maximum Gasteiger partial charge on any atom is 0.230 e. The smallest absolute Gasteiger partial charge is 0.230 e. The van der Waals surface area contributed by atoms with Crippen molar-refractivity contribution in [2.24, 2.45) is 0 Å². The summed E-state index contributed by atoms with van der Waals surface area (Å²) in [4.78, 5) is 13.3. The van der Waals surface area contributed by atoms with Gasteiger partial charge in [0.05, 0.1) is 18.9 Å². The zero-order valence-electron chi connectivity index (χ0n) is 9.18. The van der Waals surface area contributed by atoms with E-state index in [1.165, 1.54) is 19.3 Å². The summed E-state index contributed by atoms with van der Waals surface area (Å²) in [6.07, 6.45) is 4.56. The number of morpholine rings is 1. The predicted octanol–water partition coefficient (Wildman–Crippen LogP) is -0.324. The predicted molar refractivity (Wildman–Crippen MR) is 56.6 cm³/mol. The van der Waals surface area contributed by atoms with Gasteiger partial charge in [-0.3, -0.25) is 4.79 Å². The van der Waals surface area contributed by atoms with E-state index in [9.17, 15) is 4.79 Å². The molecule has 0 bridgehead atoms. The number of aliphatic hydroxyl groups excluding tert-OH is 1. The Bertz CT molecular complexity index is 348. The van der Waals surface area contributed by atoms with Gasteiger partial charge < -0.3 is 19.5 Å². The number of fused-ring (bicyclic) bond motifs is 1. The zero-order chi connectivity index (χ0) is 11.6. The fraction of sp³-hybridized carbons (Fsp3) is 0.545. The summed E-state index contributed by atoms with van der Waals surface area (Å²) in [5, 5.41) is 8.98. The summed E-state index contributed by atoms with van der Waals surface area (Å²) < 4.78 is 10.9. The minimum absolute atomic E-state index is 0.0367. The van der Waals surface area contributed by atoms with Gasteiger partial charge in [0.25, 0.3) is 0 Å². The number of carbonyl (C=O) groups excluding carboxylic acids is 1. The van der Waals surface area contributed by atoms with E-state index in [-0.39, 0.29) is 12.4 Å². The lowest BCUT2D eigenvalue weighted by atomic mass is 10.0. The van der Waals surface area contributed by atoms with Crippen LogP contribution < -0.4 is 0 Å². The minimum Gasteiger partial charge on any atom is -0.395 e. The molecule has 1 atom stereocenters. The molecule has 2 aliphatic rings. The van der Waals surface area contributed by atoms with Crippen LogP contribution in [0.4, 0.5) is 0 Å². The molecule has 0 radical (unpaired) electrons. The Morgan fingerprint density at radius 2 is 2.50 bits per heavy atom. The number of ether oxygens (including phenoxy) is 2. The molecule has 0 aromatic carbocycles. The van der Waals surface area contributed by atoms with Gasteiger partial charge in [-0.15, -0.1) is 0 Å². The minimum atomic E-state index is -0.957. The maximum absolute atomic E-state index is 11.4. The molecule has 0 amide bonds. The van der Waals surface area contributed by atoms with Crippen LogP contribution in [0, 0.1) is 0 Å². The van der Waals surface area contributed by atoms with Gasteiger partial charge in [0.15, 0.2) is 5.78 Å². The number of nitrogens with zero attached hydrogens (tertiary/aromatic N) is 1. The summed E-state index contributed by atoms with van der Waals surface area (Å²) in [6, 6.07) is 0. The van der Waals surface area contributed by atoms with Gasteiger partial charge in [-0.1, -0.05) is 0 Å². The summed E-state index contributed by atoms with van der Waals surface area (Å²) in [5.41, 5.74) is 0.669. The van der Waals surface area contributed by atoms with Gasteiger partial charge in [0.1, 0.15) is 0 Å². The summed E-state index contributed by atoms with van der Waals surface area (Å²) in [7, 11) is 1.54. The summed E-state index contributed by atoms with van der Waals surface area (Å²) >= 11 is 0. The molecule has 16 heavy (non-hydrogen) atoms. The van der Waals surface area contributed by atoms with Crippen LogP contribution in [0.5, 0.6) is 0 Å². The first-order chi connectivity index (χ1) is 7.72. The molecule has 88 valence electrons. The van der Waals surface area contributed by atoms with E-state index in [2.05, 4.69) is 0 Å². The molecule has 5 nitrogen and oxygen atoms in total. The lowest BCUT2D eigenvalue weighted by molar-refractivity contribution is -0.196. The fourth-order valence-electron chi connectivity index (χ4n) is 2.01. The Morgan fingerprint density at radius 1 is 1.69 bits per heavy atom. The summed E-state index contributed by atoms with van der Waals surface area (Å²) in [5.74, 6) is -1.04. The van der Waals surface area contributed by atoms with E-state index in [1.807, 2.05) is 4.90 Å². The molecule has 1 fully saturated rings. The Balaban J connectivity index is 2.32. The average molecular weight is 225 g/mol. The van der Waals surface area contributed by atoms with Crippen LogP contribution in [0.3, 0.4) is 0 Å². The number of methoxy groups -OCH3 is 1. The molecule has 0 spiro atoms. The lowest BCUT2D eigenvalue weighted by Gasteiger charge is -2.43. The van der Waals surface area contributed by atoms with Crippen molar-refractivity contribution in [3.63, 3.8) is 0 Å². The SMILES string of the molecule is CO[C@]12C=CC(=O)C=C1N(CCO)CCO2. The molecule has 5 heteroatoms. The van der Waals surface area contributed by atoms with Crippen molar-refractivity contribution in [2.75, 3.05) is 33.4 Å². The number of aliphatic hydroxyl groups is 1. The number of allylic oxidation sites excluding steroid dienone is 2. The number of rotatable bonds is 3. The molecule has 0 aromatic rings. The van der Waals surface area contributed by atoms with Crippen molar-refractivity contribution < 1.29 is 19.4 Å². The van der Waals surface area contributed by atoms with Gasteiger partial charge in [-0.2, -0.15) is 0 Å².